The van der Waals surface area contributed by atoms with Gasteiger partial charge in [0, 0.05) is 19.3 Å². The molecule has 6 heteroatoms. The van der Waals surface area contributed by atoms with E-state index in [-0.39, 0.29) is 31.1 Å². The van der Waals surface area contributed by atoms with Gasteiger partial charge in [-0.25, -0.2) is 0 Å². The average molecular weight is 863 g/mol. The van der Waals surface area contributed by atoms with E-state index >= 15 is 0 Å². The highest BCUT2D eigenvalue weighted by Gasteiger charge is 2.19. The van der Waals surface area contributed by atoms with Crippen LogP contribution in [0.4, 0.5) is 0 Å². The zero-order valence-electron chi connectivity index (χ0n) is 41.8. The minimum absolute atomic E-state index is 0.0635. The fourth-order valence-corrected chi connectivity index (χ4v) is 8.34. The Hall–Kier alpha value is -1.59. The van der Waals surface area contributed by atoms with Crippen molar-refractivity contribution in [2.45, 2.75) is 310 Å². The molecule has 0 amide bonds. The first-order valence-corrected chi connectivity index (χ1v) is 27.2. The van der Waals surface area contributed by atoms with E-state index in [1.54, 1.807) is 0 Å². The van der Waals surface area contributed by atoms with Gasteiger partial charge in [0.05, 0.1) is 0 Å². The lowest BCUT2D eigenvalue weighted by molar-refractivity contribution is -0.167. The van der Waals surface area contributed by atoms with Crippen LogP contribution in [0.2, 0.25) is 0 Å². The summed E-state index contributed by atoms with van der Waals surface area (Å²) in [5, 5.41) is 0. The molecule has 0 saturated carbocycles. The zero-order chi connectivity index (χ0) is 44.7. The van der Waals surface area contributed by atoms with Gasteiger partial charge < -0.3 is 14.2 Å². The summed E-state index contributed by atoms with van der Waals surface area (Å²) in [7, 11) is 0. The fourth-order valence-electron chi connectivity index (χ4n) is 8.34. The van der Waals surface area contributed by atoms with Crippen molar-refractivity contribution >= 4 is 17.9 Å². The molecule has 0 spiro atoms. The number of unbranched alkanes of at least 4 members (excludes halogenated alkanes) is 34. The molecule has 0 N–H and O–H groups in total. The molecule has 0 aliphatic heterocycles. The van der Waals surface area contributed by atoms with Crippen molar-refractivity contribution < 1.29 is 28.6 Å². The molecule has 0 radical (unpaired) electrons. The number of carbonyl (C=O) groups is 3. The third kappa shape index (κ3) is 49.3. The van der Waals surface area contributed by atoms with Crippen LogP contribution in [0.3, 0.4) is 0 Å². The third-order valence-electron chi connectivity index (χ3n) is 12.5. The second kappa shape index (κ2) is 47.9. The lowest BCUT2D eigenvalue weighted by Crippen LogP contribution is -2.30. The van der Waals surface area contributed by atoms with E-state index in [1.165, 1.54) is 193 Å². The first-order chi connectivity index (χ1) is 29.7. The minimum atomic E-state index is -0.762. The molecule has 0 heterocycles. The van der Waals surface area contributed by atoms with Crippen LogP contribution >= 0.6 is 0 Å². The van der Waals surface area contributed by atoms with Gasteiger partial charge in [-0.05, 0) is 31.1 Å². The summed E-state index contributed by atoms with van der Waals surface area (Å²) in [5.41, 5.74) is 0. The smallest absolute Gasteiger partial charge is 0.306 e. The molecule has 0 unspecified atom stereocenters. The Kier molecular flexibility index (Phi) is 46.6. The topological polar surface area (TPSA) is 78.9 Å². The number of hydrogen-bond acceptors (Lipinski definition) is 6. The van der Waals surface area contributed by atoms with Gasteiger partial charge in [-0.3, -0.25) is 14.4 Å². The van der Waals surface area contributed by atoms with Crippen molar-refractivity contribution in [1.29, 1.82) is 0 Å². The Bertz CT molecular complexity index is 931. The van der Waals surface area contributed by atoms with Crippen molar-refractivity contribution in [3.8, 4) is 0 Å². The molecule has 1 atom stereocenters. The van der Waals surface area contributed by atoms with Crippen molar-refractivity contribution in [3.63, 3.8) is 0 Å². The quantitative estimate of drug-likeness (QED) is 0.0344. The number of esters is 3. The van der Waals surface area contributed by atoms with Crippen LogP contribution in [0.1, 0.15) is 304 Å². The Balaban J connectivity index is 4.29. The molecule has 0 saturated heterocycles. The Morgan fingerprint density at radius 3 is 0.803 bits per heavy atom. The van der Waals surface area contributed by atoms with E-state index in [4.69, 9.17) is 14.2 Å². The highest BCUT2D eigenvalue weighted by Crippen LogP contribution is 2.18. The molecule has 6 nitrogen and oxygen atoms in total. The molecule has 0 aromatic rings. The number of hydrogen-bond donors (Lipinski definition) is 0. The van der Waals surface area contributed by atoms with Crippen LogP contribution < -0.4 is 0 Å². The van der Waals surface area contributed by atoms with Crippen LogP contribution in [0.5, 0.6) is 0 Å². The van der Waals surface area contributed by atoms with Gasteiger partial charge in [-0.15, -0.1) is 0 Å². The molecular formula is C55H106O6. The van der Waals surface area contributed by atoms with Crippen LogP contribution in [0, 0.1) is 11.8 Å². The molecule has 0 aromatic heterocycles. The van der Waals surface area contributed by atoms with Crippen LogP contribution in [0.15, 0.2) is 0 Å². The highest BCUT2D eigenvalue weighted by molar-refractivity contribution is 5.71. The zero-order valence-corrected chi connectivity index (χ0v) is 41.8. The van der Waals surface area contributed by atoms with E-state index in [2.05, 4.69) is 34.6 Å². The van der Waals surface area contributed by atoms with Crippen molar-refractivity contribution in [1.82, 2.24) is 0 Å². The van der Waals surface area contributed by atoms with E-state index < -0.39 is 6.10 Å². The Morgan fingerprint density at radius 2 is 0.541 bits per heavy atom. The van der Waals surface area contributed by atoms with Crippen molar-refractivity contribution in [2.75, 3.05) is 13.2 Å². The minimum Gasteiger partial charge on any atom is -0.462 e. The standard InChI is InChI=1S/C55H106O6/c1-6-7-8-9-10-11-12-13-14-15-16-20-25-30-35-40-45-53(56)59-48-52(61-55(58)47-42-37-32-27-22-24-29-34-39-44-51(4)5)49-60-54(57)46-41-36-31-26-21-18-17-19-23-28-33-38-43-50(2)3/h50-52H,6-49H2,1-5H3/t52-/m1/s1. The van der Waals surface area contributed by atoms with Gasteiger partial charge in [0.1, 0.15) is 13.2 Å². The summed E-state index contributed by atoms with van der Waals surface area (Å²) in [6.07, 6.45) is 49.5. The van der Waals surface area contributed by atoms with Gasteiger partial charge in [-0.2, -0.15) is 0 Å². The summed E-state index contributed by atoms with van der Waals surface area (Å²) in [6, 6.07) is 0. The summed E-state index contributed by atoms with van der Waals surface area (Å²) < 4.78 is 16.8. The first kappa shape index (κ1) is 59.4. The lowest BCUT2D eigenvalue weighted by Gasteiger charge is -2.18. The molecule has 61 heavy (non-hydrogen) atoms. The fraction of sp³-hybridized carbons (Fsp3) is 0.945. The van der Waals surface area contributed by atoms with E-state index in [1.807, 2.05) is 0 Å². The second-order valence-corrected chi connectivity index (χ2v) is 19.8. The van der Waals surface area contributed by atoms with Crippen molar-refractivity contribution in [2.24, 2.45) is 11.8 Å². The molecule has 0 aliphatic rings. The highest BCUT2D eigenvalue weighted by atomic mass is 16.6. The van der Waals surface area contributed by atoms with Gasteiger partial charge in [0.2, 0.25) is 0 Å². The van der Waals surface area contributed by atoms with Crippen LogP contribution in [0.25, 0.3) is 0 Å². The molecule has 0 rings (SSSR count). The molecule has 0 aromatic carbocycles. The van der Waals surface area contributed by atoms with Gasteiger partial charge in [0.25, 0.3) is 0 Å². The Labute approximate surface area is 380 Å². The maximum atomic E-state index is 12.8. The van der Waals surface area contributed by atoms with Gasteiger partial charge in [0.15, 0.2) is 6.10 Å². The predicted octanol–water partition coefficient (Wildman–Crippen LogP) is 17.7. The molecular weight excluding hydrogens is 757 g/mol. The van der Waals surface area contributed by atoms with E-state index in [0.29, 0.717) is 19.3 Å². The second-order valence-electron chi connectivity index (χ2n) is 19.8. The lowest BCUT2D eigenvalue weighted by atomic mass is 10.0. The summed E-state index contributed by atoms with van der Waals surface area (Å²) in [6.45, 7) is 11.4. The molecule has 0 bridgehead atoms. The summed E-state index contributed by atoms with van der Waals surface area (Å²) >= 11 is 0. The summed E-state index contributed by atoms with van der Waals surface area (Å²) in [5.74, 6) is 0.794. The largest absolute Gasteiger partial charge is 0.462 e. The predicted molar refractivity (Wildman–Crippen MR) is 261 cm³/mol. The van der Waals surface area contributed by atoms with Crippen LogP contribution in [-0.2, 0) is 28.6 Å². The number of ether oxygens (including phenoxy) is 3. The third-order valence-corrected chi connectivity index (χ3v) is 12.5. The number of carbonyl (C=O) groups excluding carboxylic acids is 3. The van der Waals surface area contributed by atoms with Crippen molar-refractivity contribution in [3.05, 3.63) is 0 Å². The maximum Gasteiger partial charge on any atom is 0.306 e. The summed E-state index contributed by atoms with van der Waals surface area (Å²) in [4.78, 5) is 38.0. The monoisotopic (exact) mass is 863 g/mol. The normalized spacial score (nSPS) is 12.0. The molecule has 362 valence electrons. The SMILES string of the molecule is CCCCCCCCCCCCCCCCCCC(=O)OC[C@H](COC(=O)CCCCCCCCCCCCCCC(C)C)OC(=O)CCCCCCCCCCCC(C)C. The van der Waals surface area contributed by atoms with Gasteiger partial charge in [-0.1, -0.05) is 266 Å². The Morgan fingerprint density at radius 1 is 0.311 bits per heavy atom. The first-order valence-electron chi connectivity index (χ1n) is 27.2. The average Bonchev–Trinajstić information content (AvgIpc) is 3.23. The molecule has 0 aliphatic carbocycles. The van der Waals surface area contributed by atoms with Crippen LogP contribution in [-0.4, -0.2) is 37.2 Å². The van der Waals surface area contributed by atoms with E-state index in [0.717, 1.165) is 69.6 Å². The maximum absolute atomic E-state index is 12.8. The number of rotatable bonds is 49. The van der Waals surface area contributed by atoms with Gasteiger partial charge >= 0.3 is 17.9 Å². The van der Waals surface area contributed by atoms with E-state index in [9.17, 15) is 14.4 Å². The molecule has 0 fully saturated rings.